The first-order chi connectivity index (χ1) is 14.8. The van der Waals surface area contributed by atoms with Gasteiger partial charge in [0.15, 0.2) is 5.78 Å². The Morgan fingerprint density at radius 2 is 1.74 bits per heavy atom. The molecule has 1 aliphatic carbocycles. The van der Waals surface area contributed by atoms with E-state index in [2.05, 4.69) is 19.2 Å². The van der Waals surface area contributed by atoms with Crippen LogP contribution in [0.1, 0.15) is 45.1 Å². The van der Waals surface area contributed by atoms with Crippen molar-refractivity contribution in [2.45, 2.75) is 39.5 Å². The van der Waals surface area contributed by atoms with Gasteiger partial charge in [0, 0.05) is 29.3 Å². The molecule has 0 amide bonds. The highest BCUT2D eigenvalue weighted by atomic mass is 16.5. The number of benzene rings is 2. The number of esters is 1. The summed E-state index contributed by atoms with van der Waals surface area (Å²) >= 11 is 0. The number of hydrogen-bond acceptors (Lipinski definition) is 5. The fourth-order valence-corrected chi connectivity index (χ4v) is 4.53. The lowest BCUT2D eigenvalue weighted by molar-refractivity contribution is -0.136. The molecule has 1 atom stereocenters. The highest BCUT2D eigenvalue weighted by molar-refractivity contribution is 6.04. The maximum absolute atomic E-state index is 13.3. The van der Waals surface area contributed by atoms with Crippen LogP contribution in [0.15, 0.2) is 77.1 Å². The smallest absolute Gasteiger partial charge is 0.336 e. The zero-order chi connectivity index (χ0) is 22.2. The van der Waals surface area contributed by atoms with Crippen molar-refractivity contribution in [1.82, 2.24) is 5.32 Å². The van der Waals surface area contributed by atoms with Gasteiger partial charge in [0.1, 0.15) is 11.5 Å². The molecule has 2 aromatic rings. The number of carbonyl (C=O) groups excluding carboxylic acids is 2. The second kappa shape index (κ2) is 8.06. The number of dihydropyridines is 1. The second-order valence-corrected chi connectivity index (χ2v) is 8.91. The van der Waals surface area contributed by atoms with Crippen LogP contribution in [-0.2, 0) is 14.3 Å². The minimum atomic E-state index is -0.494. The van der Waals surface area contributed by atoms with Crippen LogP contribution in [0.25, 0.3) is 0 Å². The highest BCUT2D eigenvalue weighted by Crippen LogP contribution is 2.47. The number of carbonyl (C=O) groups is 2. The number of ketones is 1. The van der Waals surface area contributed by atoms with Crippen molar-refractivity contribution >= 4 is 11.8 Å². The molecule has 2 aliphatic rings. The fraction of sp³-hybridized carbons (Fsp3) is 0.308. The molecule has 1 aliphatic heterocycles. The Kier molecular flexibility index (Phi) is 5.44. The Labute approximate surface area is 182 Å². The van der Waals surface area contributed by atoms with Crippen LogP contribution in [0.2, 0.25) is 0 Å². The summed E-state index contributed by atoms with van der Waals surface area (Å²) in [6.07, 6.45) is 1.19. The molecule has 0 saturated carbocycles. The Bertz CT molecular complexity index is 1100. The second-order valence-electron chi connectivity index (χ2n) is 8.91. The number of para-hydroxylation sites is 1. The zero-order valence-corrected chi connectivity index (χ0v) is 18.3. The molecule has 160 valence electrons. The molecule has 5 nitrogen and oxygen atoms in total. The number of hydrogen-bond donors (Lipinski definition) is 1. The molecule has 0 saturated heterocycles. The van der Waals surface area contributed by atoms with Gasteiger partial charge in [-0.15, -0.1) is 0 Å². The summed E-state index contributed by atoms with van der Waals surface area (Å²) in [6, 6.07) is 17.1. The predicted octanol–water partition coefficient (Wildman–Crippen LogP) is 5.26. The predicted molar refractivity (Wildman–Crippen MR) is 119 cm³/mol. The number of ether oxygens (including phenoxy) is 2. The molecule has 4 rings (SSSR count). The van der Waals surface area contributed by atoms with Crippen molar-refractivity contribution in [3.63, 3.8) is 0 Å². The summed E-state index contributed by atoms with van der Waals surface area (Å²) in [5, 5.41) is 3.33. The van der Waals surface area contributed by atoms with Gasteiger partial charge in [-0.3, -0.25) is 4.79 Å². The van der Waals surface area contributed by atoms with E-state index in [1.807, 2.05) is 61.5 Å². The lowest BCUT2D eigenvalue weighted by Crippen LogP contribution is -2.38. The van der Waals surface area contributed by atoms with Gasteiger partial charge in [0.25, 0.3) is 0 Å². The number of rotatable bonds is 4. The van der Waals surface area contributed by atoms with Gasteiger partial charge < -0.3 is 14.8 Å². The van der Waals surface area contributed by atoms with Crippen LogP contribution in [-0.4, -0.2) is 18.9 Å². The van der Waals surface area contributed by atoms with E-state index in [9.17, 15) is 9.59 Å². The van der Waals surface area contributed by atoms with Crippen LogP contribution in [0, 0.1) is 5.41 Å². The average molecular weight is 418 g/mol. The Morgan fingerprint density at radius 1 is 1.03 bits per heavy atom. The summed E-state index contributed by atoms with van der Waals surface area (Å²) in [4.78, 5) is 26.0. The fourth-order valence-electron chi connectivity index (χ4n) is 4.53. The van der Waals surface area contributed by atoms with Crippen molar-refractivity contribution in [2.75, 3.05) is 7.11 Å². The molecule has 0 aromatic heterocycles. The monoisotopic (exact) mass is 417 g/mol. The average Bonchev–Trinajstić information content (AvgIpc) is 2.72. The molecular weight excluding hydrogens is 390 g/mol. The standard InChI is InChI=1S/C26H27NO4/c1-16-22(25(29)30-4)23(24-20(27-16)14-26(2,3)15-21(24)28)17-9-8-12-19(13-17)31-18-10-6-5-7-11-18/h5-13,23,27H,14-15H2,1-4H3/t23-/m0/s1. The molecule has 0 radical (unpaired) electrons. The molecule has 5 heteroatoms. The van der Waals surface area contributed by atoms with E-state index in [1.165, 1.54) is 7.11 Å². The minimum absolute atomic E-state index is 0.0621. The first kappa shape index (κ1) is 20.9. The molecule has 0 fully saturated rings. The van der Waals surface area contributed by atoms with Crippen molar-refractivity contribution < 1.29 is 19.1 Å². The Balaban J connectivity index is 1.81. The van der Waals surface area contributed by atoms with Gasteiger partial charge in [-0.2, -0.15) is 0 Å². The summed E-state index contributed by atoms with van der Waals surface area (Å²) < 4.78 is 11.1. The molecular formula is C26H27NO4. The summed E-state index contributed by atoms with van der Waals surface area (Å²) in [7, 11) is 1.37. The third-order valence-corrected chi connectivity index (χ3v) is 5.82. The molecule has 1 N–H and O–H groups in total. The maximum atomic E-state index is 13.3. The maximum Gasteiger partial charge on any atom is 0.336 e. The number of methoxy groups -OCH3 is 1. The normalized spacial score (nSPS) is 20.1. The molecule has 0 spiro atoms. The first-order valence-electron chi connectivity index (χ1n) is 10.4. The summed E-state index contributed by atoms with van der Waals surface area (Å²) in [6.45, 7) is 6.04. The largest absolute Gasteiger partial charge is 0.466 e. The van der Waals surface area contributed by atoms with Crippen LogP contribution in [0.4, 0.5) is 0 Å². The molecule has 0 bridgehead atoms. The topological polar surface area (TPSA) is 64.6 Å². The van der Waals surface area contributed by atoms with Crippen LogP contribution in [0.3, 0.4) is 0 Å². The SMILES string of the molecule is COC(=O)C1=C(C)NC2=C(C(=O)CC(C)(C)C2)[C@H]1c1cccc(Oc2ccccc2)c1. The lowest BCUT2D eigenvalue weighted by atomic mass is 9.68. The number of Topliss-reactive ketones (excluding diaryl/α,β-unsaturated/α-hetero) is 1. The van der Waals surface area contributed by atoms with Gasteiger partial charge in [-0.25, -0.2) is 4.79 Å². The summed E-state index contributed by atoms with van der Waals surface area (Å²) in [5.74, 6) is 0.502. The highest BCUT2D eigenvalue weighted by Gasteiger charge is 2.43. The molecule has 2 aromatic carbocycles. The molecule has 0 unspecified atom stereocenters. The van der Waals surface area contributed by atoms with Gasteiger partial charge in [-0.1, -0.05) is 44.2 Å². The third-order valence-electron chi connectivity index (χ3n) is 5.82. The number of nitrogens with one attached hydrogen (secondary N) is 1. The van der Waals surface area contributed by atoms with Crippen LogP contribution < -0.4 is 10.1 Å². The number of allylic oxidation sites excluding steroid dienone is 3. The molecule has 31 heavy (non-hydrogen) atoms. The van der Waals surface area contributed by atoms with E-state index in [0.29, 0.717) is 23.3 Å². The van der Waals surface area contributed by atoms with E-state index < -0.39 is 11.9 Å². The van der Waals surface area contributed by atoms with Gasteiger partial charge in [-0.05, 0) is 48.6 Å². The van der Waals surface area contributed by atoms with E-state index in [4.69, 9.17) is 9.47 Å². The van der Waals surface area contributed by atoms with Crippen LogP contribution >= 0.6 is 0 Å². The van der Waals surface area contributed by atoms with Crippen molar-refractivity contribution in [1.29, 1.82) is 0 Å². The van der Waals surface area contributed by atoms with E-state index in [0.717, 1.165) is 29.1 Å². The van der Waals surface area contributed by atoms with Crippen molar-refractivity contribution in [2.24, 2.45) is 5.41 Å². The van der Waals surface area contributed by atoms with Crippen LogP contribution in [0.5, 0.6) is 11.5 Å². The van der Waals surface area contributed by atoms with E-state index in [-0.39, 0.29) is 11.2 Å². The van der Waals surface area contributed by atoms with Crippen molar-refractivity contribution in [3.8, 4) is 11.5 Å². The third kappa shape index (κ3) is 4.13. The zero-order valence-electron chi connectivity index (χ0n) is 18.3. The molecule has 1 heterocycles. The van der Waals surface area contributed by atoms with Gasteiger partial charge >= 0.3 is 5.97 Å². The lowest BCUT2D eigenvalue weighted by Gasteiger charge is -2.39. The summed E-state index contributed by atoms with van der Waals surface area (Å²) in [5.41, 5.74) is 3.43. The van der Waals surface area contributed by atoms with Gasteiger partial charge in [0.2, 0.25) is 0 Å². The first-order valence-corrected chi connectivity index (χ1v) is 10.4. The Morgan fingerprint density at radius 3 is 2.45 bits per heavy atom. The van der Waals surface area contributed by atoms with Crippen molar-refractivity contribution in [3.05, 3.63) is 82.7 Å². The van der Waals surface area contributed by atoms with Gasteiger partial charge in [0.05, 0.1) is 12.7 Å². The Hall–Kier alpha value is -3.34. The quantitative estimate of drug-likeness (QED) is 0.688. The van der Waals surface area contributed by atoms with E-state index >= 15 is 0 Å². The van der Waals surface area contributed by atoms with E-state index in [1.54, 1.807) is 0 Å². The minimum Gasteiger partial charge on any atom is -0.466 e.